The molecule has 0 radical (unpaired) electrons. The van der Waals surface area contributed by atoms with Crippen molar-refractivity contribution < 1.29 is 9.00 Å². The van der Waals surface area contributed by atoms with Crippen molar-refractivity contribution in [2.75, 3.05) is 7.05 Å². The molecule has 0 heterocycles. The van der Waals surface area contributed by atoms with E-state index in [9.17, 15) is 9.00 Å². The Hall–Kier alpha value is -2.53. The lowest BCUT2D eigenvalue weighted by Gasteiger charge is -2.17. The molecule has 2 aromatic carbocycles. The number of amides is 1. The monoisotopic (exact) mass is 426 g/mol. The third kappa shape index (κ3) is 6.77. The van der Waals surface area contributed by atoms with Crippen LogP contribution in [0.25, 0.3) is 0 Å². The quantitative estimate of drug-likeness (QED) is 0.630. The summed E-state index contributed by atoms with van der Waals surface area (Å²) >= 11 is 0. The van der Waals surface area contributed by atoms with E-state index < -0.39 is 11.0 Å². The predicted octanol–water partition coefficient (Wildman–Crippen LogP) is 2.97. The minimum absolute atomic E-state index is 0.283. The molecular weight excluding hydrogens is 396 g/mol. The minimum Gasteiger partial charge on any atom is -0.369 e. The number of benzene rings is 2. The number of nitrogens with two attached hydrogens (primary N) is 2. The molecule has 0 bridgehead atoms. The lowest BCUT2D eigenvalue weighted by molar-refractivity contribution is -0.117. The Morgan fingerprint density at radius 3 is 2.33 bits per heavy atom. The summed E-state index contributed by atoms with van der Waals surface area (Å²) in [5.41, 5.74) is 10.5. The molecule has 1 aliphatic rings. The van der Waals surface area contributed by atoms with Crippen LogP contribution in [0.5, 0.6) is 0 Å². The van der Waals surface area contributed by atoms with Crippen LogP contribution in [0.15, 0.2) is 41.3 Å². The average Bonchev–Trinajstić information content (AvgIpc) is 3.54. The van der Waals surface area contributed by atoms with Crippen molar-refractivity contribution in [1.82, 2.24) is 5.32 Å². The van der Waals surface area contributed by atoms with Gasteiger partial charge in [-0.3, -0.25) is 4.79 Å². The van der Waals surface area contributed by atoms with E-state index in [1.807, 2.05) is 31.3 Å². The zero-order valence-corrected chi connectivity index (χ0v) is 18.6. The Morgan fingerprint density at radius 2 is 1.90 bits per heavy atom. The molecule has 30 heavy (non-hydrogen) atoms. The molecule has 6 nitrogen and oxygen atoms in total. The highest BCUT2D eigenvalue weighted by Crippen LogP contribution is 2.43. The van der Waals surface area contributed by atoms with E-state index in [0.29, 0.717) is 22.3 Å². The van der Waals surface area contributed by atoms with Crippen molar-refractivity contribution in [3.8, 4) is 6.07 Å². The van der Waals surface area contributed by atoms with Crippen LogP contribution in [-0.2, 0) is 28.7 Å². The number of nitrogens with one attached hydrogen (secondary N) is 1. The second-order valence-corrected chi connectivity index (χ2v) is 8.86. The summed E-state index contributed by atoms with van der Waals surface area (Å²) in [5, 5.41) is 17.3. The molecular formula is C23H30N4O2S. The standard InChI is InChI=1S/C15H18N2O.C8H12N2OS/c1-9(2)12-5-10(8-16)6-13(11-3-4-11)14(12)7-15(17)18;1-10-6-7-2-4-8(5-3-7)12(9)11/h5-6,9,11H,3-4,7H2,1-2H3,(H2,17,18);2-5,10H,6,9H2,1H3. The summed E-state index contributed by atoms with van der Waals surface area (Å²) < 4.78 is 10.8. The summed E-state index contributed by atoms with van der Waals surface area (Å²) in [6.07, 6.45) is 2.58. The maximum Gasteiger partial charge on any atom is 0.221 e. The lowest BCUT2D eigenvalue weighted by atomic mass is 9.87. The fourth-order valence-corrected chi connectivity index (χ4v) is 3.78. The summed E-state index contributed by atoms with van der Waals surface area (Å²) in [6, 6.07) is 13.4. The lowest BCUT2D eigenvalue weighted by Crippen LogP contribution is -2.17. The van der Waals surface area contributed by atoms with Gasteiger partial charge in [-0.25, -0.2) is 9.35 Å². The van der Waals surface area contributed by atoms with Gasteiger partial charge < -0.3 is 11.1 Å². The van der Waals surface area contributed by atoms with E-state index in [2.05, 4.69) is 25.2 Å². The first-order valence-electron chi connectivity index (χ1n) is 10.0. The van der Waals surface area contributed by atoms with Crippen LogP contribution in [0, 0.1) is 11.3 Å². The second kappa shape index (κ2) is 11.0. The second-order valence-electron chi connectivity index (χ2n) is 7.79. The molecule has 0 aromatic heterocycles. The maximum atomic E-state index is 11.3. The van der Waals surface area contributed by atoms with Crippen molar-refractivity contribution in [2.45, 2.75) is 56.4 Å². The predicted molar refractivity (Wildman–Crippen MR) is 120 cm³/mol. The van der Waals surface area contributed by atoms with Gasteiger partial charge in [-0.15, -0.1) is 0 Å². The number of carbonyl (C=O) groups excluding carboxylic acids is 1. The van der Waals surface area contributed by atoms with E-state index in [-0.39, 0.29) is 12.3 Å². The van der Waals surface area contributed by atoms with Crippen molar-refractivity contribution in [2.24, 2.45) is 10.9 Å². The molecule has 0 spiro atoms. The van der Waals surface area contributed by atoms with Crippen molar-refractivity contribution in [3.05, 3.63) is 64.2 Å². The molecule has 7 heteroatoms. The van der Waals surface area contributed by atoms with E-state index in [0.717, 1.165) is 41.6 Å². The Morgan fingerprint density at radius 1 is 1.27 bits per heavy atom. The first-order valence-corrected chi connectivity index (χ1v) is 11.2. The molecule has 0 aliphatic heterocycles. The van der Waals surface area contributed by atoms with Gasteiger partial charge in [0, 0.05) is 6.54 Å². The Labute approximate surface area is 181 Å². The largest absolute Gasteiger partial charge is 0.369 e. The normalized spacial score (nSPS) is 13.9. The first kappa shape index (κ1) is 23.7. The molecule has 160 valence electrons. The average molecular weight is 427 g/mol. The highest BCUT2D eigenvalue weighted by molar-refractivity contribution is 7.82. The van der Waals surface area contributed by atoms with E-state index in [1.54, 1.807) is 12.1 Å². The summed E-state index contributed by atoms with van der Waals surface area (Å²) in [6.45, 7) is 4.98. The van der Waals surface area contributed by atoms with Crippen LogP contribution in [0.4, 0.5) is 0 Å². The van der Waals surface area contributed by atoms with Crippen LogP contribution in [0.2, 0.25) is 0 Å². The van der Waals surface area contributed by atoms with Crippen LogP contribution >= 0.6 is 0 Å². The maximum absolute atomic E-state index is 11.3. The van der Waals surface area contributed by atoms with Crippen LogP contribution in [-0.4, -0.2) is 17.2 Å². The van der Waals surface area contributed by atoms with Gasteiger partial charge in [0.15, 0.2) is 0 Å². The molecule has 1 fully saturated rings. The summed E-state index contributed by atoms with van der Waals surface area (Å²) in [7, 11) is 0.522. The molecule has 3 rings (SSSR count). The number of carbonyl (C=O) groups is 1. The Kier molecular flexibility index (Phi) is 8.72. The third-order valence-electron chi connectivity index (χ3n) is 4.97. The van der Waals surface area contributed by atoms with Crippen molar-refractivity contribution in [3.63, 3.8) is 0 Å². The number of nitriles is 1. The van der Waals surface area contributed by atoms with E-state index in [4.69, 9.17) is 16.1 Å². The zero-order valence-electron chi connectivity index (χ0n) is 17.8. The molecule has 5 N–H and O–H groups in total. The van der Waals surface area contributed by atoms with Gasteiger partial charge in [-0.05, 0) is 78.2 Å². The third-order valence-corrected chi connectivity index (χ3v) is 5.71. The van der Waals surface area contributed by atoms with Gasteiger partial charge in [0.25, 0.3) is 0 Å². The number of primary amides is 1. The molecule has 1 saturated carbocycles. The fraction of sp³-hybridized carbons (Fsp3) is 0.391. The van der Waals surface area contributed by atoms with Gasteiger partial charge in [-0.2, -0.15) is 5.26 Å². The molecule has 1 aliphatic carbocycles. The highest BCUT2D eigenvalue weighted by atomic mass is 32.2. The van der Waals surface area contributed by atoms with Gasteiger partial charge in [0.2, 0.25) is 5.91 Å². The molecule has 1 amide bonds. The minimum atomic E-state index is -1.36. The van der Waals surface area contributed by atoms with Crippen LogP contribution in [0.1, 0.15) is 66.3 Å². The zero-order chi connectivity index (χ0) is 22.3. The van der Waals surface area contributed by atoms with Crippen molar-refractivity contribution in [1.29, 1.82) is 5.26 Å². The van der Waals surface area contributed by atoms with Gasteiger partial charge in [0.05, 0.1) is 22.9 Å². The SMILES string of the molecule is CC(C)c1cc(C#N)cc(C2CC2)c1CC(N)=O.CNCc1ccc(S(N)=O)cc1. The molecule has 1 unspecified atom stereocenters. The first-order chi connectivity index (χ1) is 14.3. The van der Waals surface area contributed by atoms with Gasteiger partial charge >= 0.3 is 0 Å². The highest BCUT2D eigenvalue weighted by Gasteiger charge is 2.28. The Balaban J connectivity index is 0.000000232. The molecule has 2 aromatic rings. The van der Waals surface area contributed by atoms with Gasteiger partial charge in [0.1, 0.15) is 11.0 Å². The number of rotatable bonds is 7. The molecule has 1 atom stereocenters. The topological polar surface area (TPSA) is 122 Å². The number of hydrogen-bond donors (Lipinski definition) is 3. The van der Waals surface area contributed by atoms with Crippen LogP contribution < -0.4 is 16.2 Å². The van der Waals surface area contributed by atoms with Crippen molar-refractivity contribution >= 4 is 16.9 Å². The smallest absolute Gasteiger partial charge is 0.221 e. The Bertz CT molecular complexity index is 922. The van der Waals surface area contributed by atoms with Crippen LogP contribution in [0.3, 0.4) is 0 Å². The van der Waals surface area contributed by atoms with Gasteiger partial charge in [-0.1, -0.05) is 26.0 Å². The number of nitrogens with zero attached hydrogens (tertiary/aromatic N) is 1. The number of hydrogen-bond acceptors (Lipinski definition) is 4. The summed E-state index contributed by atoms with van der Waals surface area (Å²) in [5.74, 6) is 0.513. The fourth-order valence-electron chi connectivity index (χ4n) is 3.38. The van der Waals surface area contributed by atoms with E-state index >= 15 is 0 Å². The molecule has 0 saturated heterocycles. The van der Waals surface area contributed by atoms with E-state index in [1.165, 1.54) is 0 Å². The summed E-state index contributed by atoms with van der Waals surface area (Å²) in [4.78, 5) is 11.9.